The Kier molecular flexibility index (Phi) is 4.07. The number of nitrogens with zero attached hydrogens (tertiary/aromatic N) is 1. The van der Waals surface area contributed by atoms with E-state index in [9.17, 15) is 9.59 Å². The highest BCUT2D eigenvalue weighted by Crippen LogP contribution is 2.17. The van der Waals surface area contributed by atoms with Gasteiger partial charge in [-0.1, -0.05) is 11.6 Å². The Balaban J connectivity index is 2.73. The van der Waals surface area contributed by atoms with Crippen LogP contribution in [-0.2, 0) is 4.74 Å². The number of halogens is 1. The van der Waals surface area contributed by atoms with Crippen LogP contribution in [0.4, 0.5) is 10.6 Å². The Morgan fingerprint density at radius 2 is 2.18 bits per heavy atom. The molecule has 0 saturated heterocycles. The molecule has 0 aromatic carbocycles. The van der Waals surface area contributed by atoms with E-state index < -0.39 is 11.7 Å². The summed E-state index contributed by atoms with van der Waals surface area (Å²) in [5, 5.41) is 2.64. The molecule has 0 atom stereocenters. The molecule has 0 saturated carbocycles. The highest BCUT2D eigenvalue weighted by Gasteiger charge is 2.16. The van der Waals surface area contributed by atoms with Crippen molar-refractivity contribution in [3.05, 3.63) is 22.8 Å². The van der Waals surface area contributed by atoms with Gasteiger partial charge in [0.1, 0.15) is 11.4 Å². The average Bonchev–Trinajstić information content (AvgIpc) is 2.14. The number of aromatic nitrogens is 1. The van der Waals surface area contributed by atoms with E-state index in [1.54, 1.807) is 20.8 Å². The molecule has 0 aliphatic rings. The number of rotatable bonds is 2. The summed E-state index contributed by atoms with van der Waals surface area (Å²) < 4.78 is 5.04. The minimum Gasteiger partial charge on any atom is -0.444 e. The van der Waals surface area contributed by atoms with Gasteiger partial charge in [-0.05, 0) is 20.8 Å². The summed E-state index contributed by atoms with van der Waals surface area (Å²) in [5.74, 6) is 0.231. The SMILES string of the molecule is CC(C)(C)OC(=O)Nc1cc(Cl)c(C=O)cn1. The molecule has 0 bridgehead atoms. The van der Waals surface area contributed by atoms with Gasteiger partial charge in [0.25, 0.3) is 0 Å². The van der Waals surface area contributed by atoms with Gasteiger partial charge < -0.3 is 4.74 Å². The summed E-state index contributed by atoms with van der Waals surface area (Å²) in [6.45, 7) is 5.26. The minimum atomic E-state index is -0.625. The summed E-state index contributed by atoms with van der Waals surface area (Å²) in [5.41, 5.74) is -0.322. The molecule has 17 heavy (non-hydrogen) atoms. The number of hydrogen-bond acceptors (Lipinski definition) is 4. The molecule has 0 radical (unpaired) electrons. The summed E-state index contributed by atoms with van der Waals surface area (Å²) in [4.78, 5) is 25.8. The van der Waals surface area contributed by atoms with Crippen molar-refractivity contribution in [2.24, 2.45) is 0 Å². The predicted molar refractivity (Wildman–Crippen MR) is 64.5 cm³/mol. The van der Waals surface area contributed by atoms with Gasteiger partial charge in [-0.15, -0.1) is 0 Å². The maximum atomic E-state index is 11.4. The summed E-state index contributed by atoms with van der Waals surface area (Å²) in [6, 6.07) is 1.38. The first-order chi connectivity index (χ1) is 7.81. The van der Waals surface area contributed by atoms with Gasteiger partial charge in [0, 0.05) is 12.3 Å². The molecule has 1 amide bonds. The normalized spacial score (nSPS) is 10.8. The van der Waals surface area contributed by atoms with Gasteiger partial charge in [0.15, 0.2) is 6.29 Å². The van der Waals surface area contributed by atoms with E-state index >= 15 is 0 Å². The van der Waals surface area contributed by atoms with Crippen LogP contribution in [0.3, 0.4) is 0 Å². The van der Waals surface area contributed by atoms with Gasteiger partial charge >= 0.3 is 6.09 Å². The predicted octanol–water partition coefficient (Wildman–Crippen LogP) is 2.89. The molecule has 0 aliphatic carbocycles. The van der Waals surface area contributed by atoms with Crippen molar-refractivity contribution in [2.75, 3.05) is 5.32 Å². The van der Waals surface area contributed by atoms with E-state index in [1.807, 2.05) is 0 Å². The summed E-state index contributed by atoms with van der Waals surface area (Å²) >= 11 is 5.78. The van der Waals surface area contributed by atoms with E-state index in [0.717, 1.165) is 0 Å². The van der Waals surface area contributed by atoms with Crippen molar-refractivity contribution in [3.8, 4) is 0 Å². The molecule has 1 rings (SSSR count). The molecule has 0 aliphatic heterocycles. The second-order valence-electron chi connectivity index (χ2n) is 4.34. The van der Waals surface area contributed by atoms with Crippen molar-refractivity contribution in [2.45, 2.75) is 26.4 Å². The molecule has 1 heterocycles. The van der Waals surface area contributed by atoms with Gasteiger partial charge in [-0.3, -0.25) is 10.1 Å². The Morgan fingerprint density at radius 1 is 1.53 bits per heavy atom. The molecule has 0 spiro atoms. The van der Waals surface area contributed by atoms with E-state index in [-0.39, 0.29) is 16.4 Å². The largest absolute Gasteiger partial charge is 0.444 e. The van der Waals surface area contributed by atoms with Crippen LogP contribution >= 0.6 is 11.6 Å². The summed E-state index contributed by atoms with van der Waals surface area (Å²) in [6.07, 6.45) is 1.24. The van der Waals surface area contributed by atoms with Gasteiger partial charge in [-0.25, -0.2) is 9.78 Å². The molecule has 1 aromatic heterocycles. The van der Waals surface area contributed by atoms with Crippen LogP contribution in [0.2, 0.25) is 5.02 Å². The van der Waals surface area contributed by atoms with Crippen LogP contribution in [0, 0.1) is 0 Å². The second kappa shape index (κ2) is 5.14. The third-order valence-corrected chi connectivity index (χ3v) is 1.97. The fourth-order valence-corrected chi connectivity index (χ4v) is 1.20. The van der Waals surface area contributed by atoms with E-state index in [4.69, 9.17) is 16.3 Å². The van der Waals surface area contributed by atoms with E-state index in [1.165, 1.54) is 12.3 Å². The third kappa shape index (κ3) is 4.40. The van der Waals surface area contributed by atoms with Crippen molar-refractivity contribution < 1.29 is 14.3 Å². The first-order valence-corrected chi connectivity index (χ1v) is 5.30. The molecule has 92 valence electrons. The Labute approximate surface area is 104 Å². The van der Waals surface area contributed by atoms with Crippen molar-refractivity contribution in [3.63, 3.8) is 0 Å². The fourth-order valence-electron chi connectivity index (χ4n) is 1.00. The van der Waals surface area contributed by atoms with Gasteiger partial charge in [-0.2, -0.15) is 0 Å². The molecular weight excluding hydrogens is 244 g/mol. The van der Waals surface area contributed by atoms with Crippen LogP contribution in [0.15, 0.2) is 12.3 Å². The molecular formula is C11H13ClN2O3. The second-order valence-corrected chi connectivity index (χ2v) is 4.74. The standard InChI is InChI=1S/C11H13ClN2O3/c1-11(2,3)17-10(16)14-9-4-8(12)7(6-15)5-13-9/h4-6H,1-3H3,(H,13,14,16). The number of carbonyl (C=O) groups is 2. The Bertz CT molecular complexity index is 441. The monoisotopic (exact) mass is 256 g/mol. The topological polar surface area (TPSA) is 68.3 Å². The van der Waals surface area contributed by atoms with Crippen molar-refractivity contribution in [1.82, 2.24) is 4.98 Å². The van der Waals surface area contributed by atoms with Gasteiger partial charge in [0.05, 0.1) is 10.6 Å². The number of pyridine rings is 1. The number of ether oxygens (including phenoxy) is 1. The highest BCUT2D eigenvalue weighted by molar-refractivity contribution is 6.33. The molecule has 5 nitrogen and oxygen atoms in total. The van der Waals surface area contributed by atoms with E-state index in [2.05, 4.69) is 10.3 Å². The average molecular weight is 257 g/mol. The molecule has 0 fully saturated rings. The van der Waals surface area contributed by atoms with Crippen LogP contribution in [0.25, 0.3) is 0 Å². The molecule has 0 unspecified atom stereocenters. The van der Waals surface area contributed by atoms with Gasteiger partial charge in [0.2, 0.25) is 0 Å². The lowest BCUT2D eigenvalue weighted by Crippen LogP contribution is -2.27. The van der Waals surface area contributed by atoms with Crippen molar-refractivity contribution >= 4 is 29.8 Å². The van der Waals surface area contributed by atoms with Crippen LogP contribution in [0.5, 0.6) is 0 Å². The smallest absolute Gasteiger partial charge is 0.413 e. The Morgan fingerprint density at radius 3 is 2.65 bits per heavy atom. The zero-order valence-corrected chi connectivity index (χ0v) is 10.5. The van der Waals surface area contributed by atoms with E-state index in [0.29, 0.717) is 6.29 Å². The first-order valence-electron chi connectivity index (χ1n) is 4.92. The van der Waals surface area contributed by atoms with Crippen LogP contribution < -0.4 is 5.32 Å². The highest BCUT2D eigenvalue weighted by atomic mass is 35.5. The number of anilines is 1. The van der Waals surface area contributed by atoms with Crippen LogP contribution in [0.1, 0.15) is 31.1 Å². The first kappa shape index (κ1) is 13.4. The lowest BCUT2D eigenvalue weighted by molar-refractivity contribution is 0.0635. The van der Waals surface area contributed by atoms with Crippen molar-refractivity contribution in [1.29, 1.82) is 0 Å². The number of nitrogens with one attached hydrogen (secondary N) is 1. The zero-order chi connectivity index (χ0) is 13.1. The Hall–Kier alpha value is -1.62. The lowest BCUT2D eigenvalue weighted by atomic mass is 10.2. The number of amides is 1. The molecule has 6 heteroatoms. The summed E-state index contributed by atoms with van der Waals surface area (Å²) in [7, 11) is 0. The third-order valence-electron chi connectivity index (χ3n) is 1.64. The zero-order valence-electron chi connectivity index (χ0n) is 9.78. The number of carbonyl (C=O) groups excluding carboxylic acids is 2. The quantitative estimate of drug-likeness (QED) is 0.826. The lowest BCUT2D eigenvalue weighted by Gasteiger charge is -2.19. The number of hydrogen-bond donors (Lipinski definition) is 1. The maximum absolute atomic E-state index is 11.4. The fraction of sp³-hybridized carbons (Fsp3) is 0.364. The minimum absolute atomic E-state index is 0.223. The molecule has 1 N–H and O–H groups in total. The number of aldehydes is 1. The maximum Gasteiger partial charge on any atom is 0.413 e. The molecule has 1 aromatic rings. The van der Waals surface area contributed by atoms with Crippen LogP contribution in [-0.4, -0.2) is 23.0 Å².